The lowest BCUT2D eigenvalue weighted by atomic mass is 9.96. The zero-order valence-corrected chi connectivity index (χ0v) is 8.37. The maximum Gasteiger partial charge on any atom is 0.0521 e. The molecule has 0 N–H and O–H groups in total. The zero-order valence-electron chi connectivity index (χ0n) is 8.37. The van der Waals surface area contributed by atoms with E-state index >= 15 is 0 Å². The van der Waals surface area contributed by atoms with Crippen molar-refractivity contribution in [1.82, 2.24) is 9.78 Å². The summed E-state index contributed by atoms with van der Waals surface area (Å²) in [6, 6.07) is 0.689. The number of nitrogens with zero attached hydrogens (tertiary/aromatic N) is 2. The van der Waals surface area contributed by atoms with Gasteiger partial charge in [-0.3, -0.25) is 4.68 Å². The Morgan fingerprint density at radius 3 is 2.77 bits per heavy atom. The Kier molecular flexibility index (Phi) is 2.67. The fourth-order valence-corrected chi connectivity index (χ4v) is 2.11. The van der Waals surface area contributed by atoms with Crippen molar-refractivity contribution in [2.75, 3.05) is 0 Å². The van der Waals surface area contributed by atoms with Crippen molar-refractivity contribution < 1.29 is 0 Å². The summed E-state index contributed by atoms with van der Waals surface area (Å²) in [7, 11) is 0. The van der Waals surface area contributed by atoms with Crippen LogP contribution in [-0.2, 0) is 6.42 Å². The molecule has 1 aromatic rings. The van der Waals surface area contributed by atoms with Crippen LogP contribution in [0.25, 0.3) is 0 Å². The molecule has 2 rings (SSSR count). The predicted molar refractivity (Wildman–Crippen MR) is 53.7 cm³/mol. The highest BCUT2D eigenvalue weighted by Gasteiger charge is 2.15. The Morgan fingerprint density at radius 2 is 2.15 bits per heavy atom. The molecule has 0 aliphatic heterocycles. The van der Waals surface area contributed by atoms with Crippen LogP contribution in [0.4, 0.5) is 0 Å². The van der Waals surface area contributed by atoms with E-state index in [-0.39, 0.29) is 0 Å². The highest BCUT2D eigenvalue weighted by atomic mass is 15.3. The van der Waals surface area contributed by atoms with Gasteiger partial charge in [0, 0.05) is 6.20 Å². The van der Waals surface area contributed by atoms with E-state index in [2.05, 4.69) is 22.9 Å². The molecule has 1 aromatic heterocycles. The second-order valence-electron chi connectivity index (χ2n) is 3.97. The highest BCUT2D eigenvalue weighted by molar-refractivity contribution is 5.03. The van der Waals surface area contributed by atoms with Crippen molar-refractivity contribution in [1.29, 1.82) is 0 Å². The largest absolute Gasteiger partial charge is 0.269 e. The summed E-state index contributed by atoms with van der Waals surface area (Å²) in [6.07, 6.45) is 12.2. The van der Waals surface area contributed by atoms with Gasteiger partial charge in [0.15, 0.2) is 0 Å². The van der Waals surface area contributed by atoms with E-state index in [4.69, 9.17) is 0 Å². The molecule has 1 saturated carbocycles. The van der Waals surface area contributed by atoms with Gasteiger partial charge in [-0.1, -0.05) is 26.2 Å². The van der Waals surface area contributed by atoms with Gasteiger partial charge in [0.05, 0.1) is 12.2 Å². The molecule has 1 heterocycles. The summed E-state index contributed by atoms with van der Waals surface area (Å²) in [5.74, 6) is 0. The van der Waals surface area contributed by atoms with Crippen molar-refractivity contribution in [3.05, 3.63) is 18.0 Å². The van der Waals surface area contributed by atoms with E-state index in [0.717, 1.165) is 6.42 Å². The van der Waals surface area contributed by atoms with Crippen LogP contribution in [-0.4, -0.2) is 9.78 Å². The van der Waals surface area contributed by atoms with Crippen molar-refractivity contribution in [3.8, 4) is 0 Å². The van der Waals surface area contributed by atoms with E-state index < -0.39 is 0 Å². The number of aryl methyl sites for hydroxylation is 1. The first-order valence-corrected chi connectivity index (χ1v) is 5.43. The fourth-order valence-electron chi connectivity index (χ4n) is 2.11. The molecule has 2 heteroatoms. The Bertz CT molecular complexity index is 259. The molecule has 0 radical (unpaired) electrons. The zero-order chi connectivity index (χ0) is 9.10. The second-order valence-corrected chi connectivity index (χ2v) is 3.97. The lowest BCUT2D eigenvalue weighted by Gasteiger charge is -2.21. The van der Waals surface area contributed by atoms with Crippen LogP contribution in [0.5, 0.6) is 0 Å². The maximum atomic E-state index is 4.43. The summed E-state index contributed by atoms with van der Waals surface area (Å²) in [4.78, 5) is 0. The average molecular weight is 178 g/mol. The minimum atomic E-state index is 0.689. The van der Waals surface area contributed by atoms with Crippen molar-refractivity contribution >= 4 is 0 Å². The topological polar surface area (TPSA) is 17.8 Å². The molecule has 1 aliphatic carbocycles. The maximum absolute atomic E-state index is 4.43. The predicted octanol–water partition coefficient (Wildman–Crippen LogP) is 2.95. The molecule has 0 aromatic carbocycles. The van der Waals surface area contributed by atoms with Gasteiger partial charge in [-0.15, -0.1) is 0 Å². The van der Waals surface area contributed by atoms with Gasteiger partial charge in [-0.2, -0.15) is 5.10 Å². The van der Waals surface area contributed by atoms with Crippen LogP contribution in [0.3, 0.4) is 0 Å². The summed E-state index contributed by atoms with van der Waals surface area (Å²) >= 11 is 0. The average Bonchev–Trinajstić information content (AvgIpc) is 2.67. The summed E-state index contributed by atoms with van der Waals surface area (Å²) in [6.45, 7) is 2.18. The van der Waals surface area contributed by atoms with E-state index in [0.29, 0.717) is 6.04 Å². The van der Waals surface area contributed by atoms with Gasteiger partial charge >= 0.3 is 0 Å². The molecule has 0 amide bonds. The van der Waals surface area contributed by atoms with Gasteiger partial charge in [0.1, 0.15) is 0 Å². The minimum Gasteiger partial charge on any atom is -0.269 e. The van der Waals surface area contributed by atoms with Crippen LogP contribution in [0.2, 0.25) is 0 Å². The SMILES string of the molecule is CCc1cnn(C2CCCCC2)c1. The molecule has 2 nitrogen and oxygen atoms in total. The van der Waals surface area contributed by atoms with Gasteiger partial charge in [-0.05, 0) is 24.8 Å². The van der Waals surface area contributed by atoms with Crippen LogP contribution in [0, 0.1) is 0 Å². The number of hydrogen-bond acceptors (Lipinski definition) is 1. The van der Waals surface area contributed by atoms with Gasteiger partial charge in [0.25, 0.3) is 0 Å². The van der Waals surface area contributed by atoms with Crippen LogP contribution >= 0.6 is 0 Å². The molecule has 0 unspecified atom stereocenters. The Labute approximate surface area is 80.0 Å². The van der Waals surface area contributed by atoms with Crippen molar-refractivity contribution in [2.45, 2.75) is 51.5 Å². The highest BCUT2D eigenvalue weighted by Crippen LogP contribution is 2.27. The van der Waals surface area contributed by atoms with E-state index in [1.165, 1.54) is 37.7 Å². The summed E-state index contributed by atoms with van der Waals surface area (Å²) in [5, 5.41) is 4.43. The van der Waals surface area contributed by atoms with Crippen molar-refractivity contribution in [3.63, 3.8) is 0 Å². The van der Waals surface area contributed by atoms with Gasteiger partial charge < -0.3 is 0 Å². The molecule has 0 saturated heterocycles. The molecular weight excluding hydrogens is 160 g/mol. The first-order chi connectivity index (χ1) is 6.40. The number of aromatic nitrogens is 2. The third kappa shape index (κ3) is 1.93. The molecular formula is C11H18N2. The Hall–Kier alpha value is -0.790. The van der Waals surface area contributed by atoms with Crippen LogP contribution in [0.15, 0.2) is 12.4 Å². The monoisotopic (exact) mass is 178 g/mol. The van der Waals surface area contributed by atoms with E-state index in [9.17, 15) is 0 Å². The quantitative estimate of drug-likeness (QED) is 0.680. The van der Waals surface area contributed by atoms with Gasteiger partial charge in [0.2, 0.25) is 0 Å². The first-order valence-electron chi connectivity index (χ1n) is 5.43. The fraction of sp³-hybridized carbons (Fsp3) is 0.727. The number of rotatable bonds is 2. The minimum absolute atomic E-state index is 0.689. The molecule has 13 heavy (non-hydrogen) atoms. The molecule has 72 valence electrons. The summed E-state index contributed by atoms with van der Waals surface area (Å²) < 4.78 is 2.18. The van der Waals surface area contributed by atoms with Crippen LogP contribution in [0.1, 0.15) is 50.6 Å². The smallest absolute Gasteiger partial charge is 0.0521 e. The van der Waals surface area contributed by atoms with Crippen molar-refractivity contribution in [2.24, 2.45) is 0 Å². The van der Waals surface area contributed by atoms with E-state index in [1.807, 2.05) is 6.20 Å². The van der Waals surface area contributed by atoms with Crippen LogP contribution < -0.4 is 0 Å². The Balaban J connectivity index is 2.05. The molecule has 0 atom stereocenters. The standard InChI is InChI=1S/C11H18N2/c1-2-10-8-12-13(9-10)11-6-4-3-5-7-11/h8-9,11H,2-7H2,1H3. The second kappa shape index (κ2) is 3.95. The molecule has 1 aliphatic rings. The first kappa shape index (κ1) is 8.79. The third-order valence-electron chi connectivity index (χ3n) is 3.01. The lowest BCUT2D eigenvalue weighted by Crippen LogP contribution is -2.12. The Morgan fingerprint density at radius 1 is 1.38 bits per heavy atom. The molecule has 0 bridgehead atoms. The number of hydrogen-bond donors (Lipinski definition) is 0. The molecule has 0 spiro atoms. The summed E-state index contributed by atoms with van der Waals surface area (Å²) in [5.41, 5.74) is 1.37. The third-order valence-corrected chi connectivity index (χ3v) is 3.01. The lowest BCUT2D eigenvalue weighted by molar-refractivity contribution is 0.329. The van der Waals surface area contributed by atoms with E-state index in [1.54, 1.807) is 0 Å². The normalized spacial score (nSPS) is 19.2. The van der Waals surface area contributed by atoms with Gasteiger partial charge in [-0.25, -0.2) is 0 Å². The molecule has 1 fully saturated rings.